The molecule has 0 amide bonds. The number of rotatable bonds is 4. The minimum Gasteiger partial charge on any atom is -0.254 e. The standard InChI is InChI=1S/C21H30OS/c1-16(2)21-13-8-11-19(21)20(4,17(3)12-14-21)15-23(22)18-9-6-5-7-10-18/h5-7,9-10,17,19H,1,8,11-15H2,2-4H3. The molecule has 2 heteroatoms. The van der Waals surface area contributed by atoms with Crippen LogP contribution in [0.2, 0.25) is 0 Å². The van der Waals surface area contributed by atoms with Crippen molar-refractivity contribution in [3.63, 3.8) is 0 Å². The molecule has 0 N–H and O–H groups in total. The van der Waals surface area contributed by atoms with Crippen molar-refractivity contribution in [1.29, 1.82) is 0 Å². The van der Waals surface area contributed by atoms with Crippen LogP contribution in [-0.4, -0.2) is 9.96 Å². The van der Waals surface area contributed by atoms with Gasteiger partial charge in [-0.05, 0) is 67.4 Å². The van der Waals surface area contributed by atoms with E-state index >= 15 is 0 Å². The van der Waals surface area contributed by atoms with Crippen molar-refractivity contribution in [3.05, 3.63) is 42.5 Å². The summed E-state index contributed by atoms with van der Waals surface area (Å²) in [6.07, 6.45) is 6.39. The van der Waals surface area contributed by atoms with Gasteiger partial charge in [-0.3, -0.25) is 4.21 Å². The average Bonchev–Trinajstić information content (AvgIpc) is 2.99. The quantitative estimate of drug-likeness (QED) is 0.657. The van der Waals surface area contributed by atoms with Crippen LogP contribution in [0.25, 0.3) is 0 Å². The number of benzene rings is 1. The van der Waals surface area contributed by atoms with E-state index in [0.29, 0.717) is 17.3 Å². The predicted octanol–water partition coefficient (Wildman–Crippen LogP) is 5.59. The first-order valence-corrected chi connectivity index (χ1v) is 10.3. The molecule has 5 atom stereocenters. The van der Waals surface area contributed by atoms with Gasteiger partial charge in [0.1, 0.15) is 0 Å². The highest BCUT2D eigenvalue weighted by Gasteiger charge is 2.56. The Labute approximate surface area is 144 Å². The smallest absolute Gasteiger partial charge is 0.0535 e. The first-order valence-electron chi connectivity index (χ1n) is 8.99. The molecule has 0 aromatic heterocycles. The Balaban J connectivity index is 1.91. The largest absolute Gasteiger partial charge is 0.254 e. The first-order chi connectivity index (χ1) is 10.9. The van der Waals surface area contributed by atoms with Gasteiger partial charge in [-0.15, -0.1) is 0 Å². The van der Waals surface area contributed by atoms with Gasteiger partial charge in [-0.2, -0.15) is 0 Å². The molecule has 0 heterocycles. The molecule has 2 saturated carbocycles. The summed E-state index contributed by atoms with van der Waals surface area (Å²) in [7, 11) is -0.912. The Kier molecular flexibility index (Phi) is 4.57. The average molecular weight is 331 g/mol. The molecule has 0 radical (unpaired) electrons. The van der Waals surface area contributed by atoms with E-state index in [4.69, 9.17) is 0 Å². The molecule has 2 aliphatic rings. The third-order valence-electron chi connectivity index (χ3n) is 7.03. The van der Waals surface area contributed by atoms with E-state index in [-0.39, 0.29) is 5.41 Å². The topological polar surface area (TPSA) is 17.1 Å². The van der Waals surface area contributed by atoms with Gasteiger partial charge in [0, 0.05) is 10.6 Å². The second-order valence-electron chi connectivity index (χ2n) is 8.13. The van der Waals surface area contributed by atoms with E-state index in [9.17, 15) is 4.21 Å². The van der Waals surface area contributed by atoms with Crippen LogP contribution in [0, 0.1) is 22.7 Å². The zero-order chi connectivity index (χ0) is 16.7. The third-order valence-corrected chi connectivity index (χ3v) is 8.71. The number of fused-ring (bicyclic) bond motifs is 1. The number of allylic oxidation sites excluding steroid dienone is 1. The molecule has 126 valence electrons. The van der Waals surface area contributed by atoms with Crippen LogP contribution >= 0.6 is 0 Å². The lowest BCUT2D eigenvalue weighted by atomic mass is 9.51. The van der Waals surface area contributed by atoms with Crippen LogP contribution in [0.1, 0.15) is 52.9 Å². The number of hydrogen-bond donors (Lipinski definition) is 0. The van der Waals surface area contributed by atoms with Gasteiger partial charge in [0.2, 0.25) is 0 Å². The van der Waals surface area contributed by atoms with E-state index < -0.39 is 10.8 Å². The summed E-state index contributed by atoms with van der Waals surface area (Å²) in [4.78, 5) is 0.977. The van der Waals surface area contributed by atoms with Crippen LogP contribution < -0.4 is 0 Å². The molecule has 3 rings (SSSR count). The lowest BCUT2D eigenvalue weighted by molar-refractivity contribution is -0.00271. The Hall–Kier alpha value is -0.890. The van der Waals surface area contributed by atoms with E-state index in [0.717, 1.165) is 10.6 Å². The molecular weight excluding hydrogens is 300 g/mol. The Bertz CT molecular complexity index is 608. The molecule has 5 unspecified atom stereocenters. The molecule has 2 aliphatic carbocycles. The first kappa shape index (κ1) is 17.0. The fraction of sp³-hybridized carbons (Fsp3) is 0.619. The number of hydrogen-bond acceptors (Lipinski definition) is 1. The highest BCUT2D eigenvalue weighted by atomic mass is 32.2. The molecule has 0 saturated heterocycles. The van der Waals surface area contributed by atoms with Crippen LogP contribution in [0.5, 0.6) is 0 Å². The van der Waals surface area contributed by atoms with Crippen molar-refractivity contribution in [2.75, 3.05) is 5.75 Å². The second-order valence-corrected chi connectivity index (χ2v) is 9.58. The van der Waals surface area contributed by atoms with E-state index in [2.05, 4.69) is 27.4 Å². The lowest BCUT2D eigenvalue weighted by Crippen LogP contribution is -2.49. The minimum atomic E-state index is -0.912. The molecule has 0 aliphatic heterocycles. The van der Waals surface area contributed by atoms with Crippen molar-refractivity contribution in [2.24, 2.45) is 22.7 Å². The van der Waals surface area contributed by atoms with Gasteiger partial charge in [-0.25, -0.2) is 0 Å². The van der Waals surface area contributed by atoms with E-state index in [1.807, 2.05) is 30.3 Å². The van der Waals surface area contributed by atoms with Crippen molar-refractivity contribution >= 4 is 10.8 Å². The SMILES string of the molecule is C=C(C)C12CCCC1C(C)(CS(=O)c1ccccc1)C(C)CC2. The Morgan fingerprint density at radius 1 is 1.26 bits per heavy atom. The molecular formula is C21H30OS. The van der Waals surface area contributed by atoms with Crippen molar-refractivity contribution in [3.8, 4) is 0 Å². The fourth-order valence-corrected chi connectivity index (χ4v) is 7.06. The molecule has 0 bridgehead atoms. The van der Waals surface area contributed by atoms with Crippen LogP contribution in [0.3, 0.4) is 0 Å². The molecule has 23 heavy (non-hydrogen) atoms. The van der Waals surface area contributed by atoms with Crippen LogP contribution in [-0.2, 0) is 10.8 Å². The summed E-state index contributed by atoms with van der Waals surface area (Å²) in [6.45, 7) is 11.4. The van der Waals surface area contributed by atoms with Crippen molar-refractivity contribution in [2.45, 2.75) is 57.8 Å². The summed E-state index contributed by atoms with van der Waals surface area (Å²) in [5.74, 6) is 2.06. The van der Waals surface area contributed by atoms with Crippen molar-refractivity contribution in [1.82, 2.24) is 0 Å². The van der Waals surface area contributed by atoms with Gasteiger partial charge in [0.15, 0.2) is 0 Å². The monoisotopic (exact) mass is 330 g/mol. The zero-order valence-corrected chi connectivity index (χ0v) is 15.6. The fourth-order valence-electron chi connectivity index (χ4n) is 5.38. The van der Waals surface area contributed by atoms with Gasteiger partial charge in [0.25, 0.3) is 0 Å². The van der Waals surface area contributed by atoms with Crippen LogP contribution in [0.15, 0.2) is 47.4 Å². The summed E-state index contributed by atoms with van der Waals surface area (Å²) >= 11 is 0. The molecule has 2 fully saturated rings. The molecule has 1 aromatic carbocycles. The van der Waals surface area contributed by atoms with Gasteiger partial charge in [0.05, 0.1) is 10.8 Å². The van der Waals surface area contributed by atoms with Gasteiger partial charge in [-0.1, -0.05) is 50.6 Å². The van der Waals surface area contributed by atoms with Gasteiger partial charge < -0.3 is 0 Å². The molecule has 1 aromatic rings. The summed E-state index contributed by atoms with van der Waals surface area (Å²) < 4.78 is 13.0. The van der Waals surface area contributed by atoms with E-state index in [1.165, 1.54) is 37.7 Å². The maximum Gasteiger partial charge on any atom is 0.0535 e. The second kappa shape index (κ2) is 6.20. The van der Waals surface area contributed by atoms with Crippen molar-refractivity contribution < 1.29 is 4.21 Å². The molecule has 0 spiro atoms. The Morgan fingerprint density at radius 2 is 1.96 bits per heavy atom. The zero-order valence-electron chi connectivity index (χ0n) is 14.8. The summed E-state index contributed by atoms with van der Waals surface area (Å²) in [5.41, 5.74) is 1.82. The Morgan fingerprint density at radius 3 is 2.61 bits per heavy atom. The minimum absolute atomic E-state index is 0.147. The normalized spacial score (nSPS) is 38.0. The maximum absolute atomic E-state index is 13.0. The highest BCUT2D eigenvalue weighted by molar-refractivity contribution is 7.85. The summed E-state index contributed by atoms with van der Waals surface area (Å²) in [6, 6.07) is 10.00. The predicted molar refractivity (Wildman–Crippen MR) is 98.8 cm³/mol. The highest BCUT2D eigenvalue weighted by Crippen LogP contribution is 2.64. The summed E-state index contributed by atoms with van der Waals surface area (Å²) in [5, 5.41) is 0. The third kappa shape index (κ3) is 2.73. The van der Waals surface area contributed by atoms with Crippen LogP contribution in [0.4, 0.5) is 0 Å². The van der Waals surface area contributed by atoms with E-state index in [1.54, 1.807) is 0 Å². The molecule has 1 nitrogen and oxygen atoms in total. The van der Waals surface area contributed by atoms with Gasteiger partial charge >= 0.3 is 0 Å². The maximum atomic E-state index is 13.0. The lowest BCUT2D eigenvalue weighted by Gasteiger charge is -2.54.